The lowest BCUT2D eigenvalue weighted by Crippen LogP contribution is -2.34. The van der Waals surface area contributed by atoms with Crippen LogP contribution in [0.1, 0.15) is 43.2 Å². The predicted molar refractivity (Wildman–Crippen MR) is 74.5 cm³/mol. The van der Waals surface area contributed by atoms with Crippen LogP contribution in [0.3, 0.4) is 0 Å². The highest BCUT2D eigenvalue weighted by Crippen LogP contribution is 2.49. The highest BCUT2D eigenvalue weighted by atomic mass is 19.4. The number of benzene rings is 1. The summed E-state index contributed by atoms with van der Waals surface area (Å²) < 4.78 is 77.7. The summed E-state index contributed by atoms with van der Waals surface area (Å²) >= 11 is 0. The lowest BCUT2D eigenvalue weighted by Gasteiger charge is -2.22. The van der Waals surface area contributed by atoms with E-state index >= 15 is 0 Å². The van der Waals surface area contributed by atoms with Crippen molar-refractivity contribution in [2.75, 3.05) is 4.90 Å². The summed E-state index contributed by atoms with van der Waals surface area (Å²) in [5.41, 5.74) is -4.76. The second-order valence-corrected chi connectivity index (χ2v) is 6.46. The Hall–Kier alpha value is -2.06. The van der Waals surface area contributed by atoms with Crippen LogP contribution in [0.25, 0.3) is 0 Å². The number of carbonyl (C=O) groups excluding carboxylic acids is 2. The van der Waals surface area contributed by atoms with Crippen LogP contribution in [0, 0.1) is 5.41 Å². The van der Waals surface area contributed by atoms with Gasteiger partial charge in [-0.05, 0) is 31.0 Å². The van der Waals surface area contributed by atoms with Crippen LogP contribution in [0.4, 0.5) is 32.0 Å². The van der Waals surface area contributed by atoms with E-state index in [4.69, 9.17) is 0 Å². The number of rotatable bonds is 1. The molecular formula is C16H13F6NO2. The lowest BCUT2D eigenvalue weighted by atomic mass is 9.84. The first-order chi connectivity index (χ1) is 11.4. The Balaban J connectivity index is 2.10. The average molecular weight is 365 g/mol. The molecule has 1 heterocycles. The molecule has 0 unspecified atom stereocenters. The van der Waals surface area contributed by atoms with Crippen LogP contribution in [-0.2, 0) is 21.9 Å². The molecule has 136 valence electrons. The van der Waals surface area contributed by atoms with E-state index in [1.54, 1.807) is 0 Å². The van der Waals surface area contributed by atoms with Crippen molar-refractivity contribution >= 4 is 17.5 Å². The van der Waals surface area contributed by atoms with Crippen molar-refractivity contribution in [1.82, 2.24) is 0 Å². The Morgan fingerprint density at radius 2 is 1.32 bits per heavy atom. The monoisotopic (exact) mass is 365 g/mol. The standard InChI is InChI=1S/C16H13F6NO2/c17-15(18,19)9-5-10(16(20,21)22)7-11(6-9)23-12(24)8-14(13(23)25)3-1-2-4-14/h5-7H,1-4,8H2. The van der Waals surface area contributed by atoms with E-state index in [1.165, 1.54) is 0 Å². The van der Waals surface area contributed by atoms with Crippen molar-refractivity contribution < 1.29 is 35.9 Å². The van der Waals surface area contributed by atoms with E-state index in [2.05, 4.69) is 0 Å². The van der Waals surface area contributed by atoms with Gasteiger partial charge in [0.25, 0.3) is 0 Å². The zero-order chi connectivity index (χ0) is 18.6. The molecule has 0 N–H and O–H groups in total. The van der Waals surface area contributed by atoms with Crippen LogP contribution in [0.15, 0.2) is 18.2 Å². The number of hydrogen-bond acceptors (Lipinski definition) is 2. The maximum absolute atomic E-state index is 13.0. The summed E-state index contributed by atoms with van der Waals surface area (Å²) in [7, 11) is 0. The number of hydrogen-bond donors (Lipinski definition) is 0. The molecule has 1 aliphatic carbocycles. The lowest BCUT2D eigenvalue weighted by molar-refractivity contribution is -0.143. The number of anilines is 1. The van der Waals surface area contributed by atoms with Crippen molar-refractivity contribution in [3.05, 3.63) is 29.3 Å². The third kappa shape index (κ3) is 3.00. The van der Waals surface area contributed by atoms with Gasteiger partial charge in [0.15, 0.2) is 0 Å². The van der Waals surface area contributed by atoms with E-state index < -0.39 is 46.4 Å². The molecule has 25 heavy (non-hydrogen) atoms. The third-order valence-electron chi connectivity index (χ3n) is 4.79. The van der Waals surface area contributed by atoms with Crippen molar-refractivity contribution in [3.63, 3.8) is 0 Å². The van der Waals surface area contributed by atoms with Gasteiger partial charge in [0.1, 0.15) is 0 Å². The Morgan fingerprint density at radius 1 is 0.840 bits per heavy atom. The van der Waals surface area contributed by atoms with Gasteiger partial charge < -0.3 is 0 Å². The zero-order valence-electron chi connectivity index (χ0n) is 12.8. The predicted octanol–water partition coefficient (Wildman–Crippen LogP) is 4.55. The number of nitrogens with zero attached hydrogens (tertiary/aromatic N) is 1. The van der Waals surface area contributed by atoms with Crippen LogP contribution < -0.4 is 4.90 Å². The van der Waals surface area contributed by atoms with Crippen molar-refractivity contribution in [2.45, 2.75) is 44.5 Å². The van der Waals surface area contributed by atoms with Crippen LogP contribution >= 0.6 is 0 Å². The molecule has 0 radical (unpaired) electrons. The Morgan fingerprint density at radius 3 is 1.76 bits per heavy atom. The van der Waals surface area contributed by atoms with Gasteiger partial charge in [0.2, 0.25) is 11.8 Å². The summed E-state index contributed by atoms with van der Waals surface area (Å²) in [6, 6.07) is 0.803. The van der Waals surface area contributed by atoms with E-state index in [0.29, 0.717) is 42.7 Å². The number of carbonyl (C=O) groups is 2. The van der Waals surface area contributed by atoms with E-state index in [0.717, 1.165) is 0 Å². The first kappa shape index (κ1) is 17.8. The fourth-order valence-corrected chi connectivity index (χ4v) is 3.57. The van der Waals surface area contributed by atoms with Gasteiger partial charge in [-0.1, -0.05) is 12.8 Å². The molecule has 1 aromatic carbocycles. The fourth-order valence-electron chi connectivity index (χ4n) is 3.57. The van der Waals surface area contributed by atoms with Gasteiger partial charge in [0.05, 0.1) is 22.2 Å². The summed E-state index contributed by atoms with van der Waals surface area (Å²) in [6.07, 6.45) is -8.02. The number of alkyl halides is 6. The van der Waals surface area contributed by atoms with Gasteiger partial charge in [-0.25, -0.2) is 0 Å². The highest BCUT2D eigenvalue weighted by Gasteiger charge is 2.53. The minimum Gasteiger partial charge on any atom is -0.274 e. The number of amides is 2. The molecule has 1 spiro atoms. The number of halogens is 6. The second-order valence-electron chi connectivity index (χ2n) is 6.46. The third-order valence-corrected chi connectivity index (χ3v) is 4.79. The molecule has 2 aliphatic rings. The van der Waals surface area contributed by atoms with Gasteiger partial charge >= 0.3 is 12.4 Å². The average Bonchev–Trinajstić information content (AvgIpc) is 3.03. The van der Waals surface area contributed by atoms with E-state index in [-0.39, 0.29) is 12.5 Å². The summed E-state index contributed by atoms with van der Waals surface area (Å²) in [4.78, 5) is 25.3. The van der Waals surface area contributed by atoms with Gasteiger partial charge in [-0.2, -0.15) is 26.3 Å². The molecule has 1 aliphatic heterocycles. The molecule has 0 atom stereocenters. The van der Waals surface area contributed by atoms with Crippen LogP contribution in [0.5, 0.6) is 0 Å². The quantitative estimate of drug-likeness (QED) is 0.541. The van der Waals surface area contributed by atoms with Crippen molar-refractivity contribution in [1.29, 1.82) is 0 Å². The van der Waals surface area contributed by atoms with Crippen LogP contribution in [0.2, 0.25) is 0 Å². The first-order valence-electron chi connectivity index (χ1n) is 7.61. The molecule has 2 fully saturated rings. The minimum atomic E-state index is -5.03. The molecule has 2 amide bonds. The maximum atomic E-state index is 13.0. The largest absolute Gasteiger partial charge is 0.416 e. The Kier molecular flexibility index (Phi) is 3.88. The van der Waals surface area contributed by atoms with Crippen LogP contribution in [-0.4, -0.2) is 11.8 Å². The zero-order valence-corrected chi connectivity index (χ0v) is 12.8. The Labute approximate surface area is 138 Å². The van der Waals surface area contributed by atoms with Gasteiger partial charge in [0, 0.05) is 6.42 Å². The molecule has 1 aromatic rings. The number of imide groups is 1. The smallest absolute Gasteiger partial charge is 0.274 e. The fraction of sp³-hybridized carbons (Fsp3) is 0.500. The molecule has 0 bridgehead atoms. The highest BCUT2D eigenvalue weighted by molar-refractivity contribution is 6.22. The van der Waals surface area contributed by atoms with E-state index in [1.807, 2.05) is 0 Å². The van der Waals surface area contributed by atoms with Crippen molar-refractivity contribution in [2.24, 2.45) is 5.41 Å². The second kappa shape index (κ2) is 5.47. The maximum Gasteiger partial charge on any atom is 0.416 e. The SMILES string of the molecule is O=C1CC2(CCCC2)C(=O)N1c1cc(C(F)(F)F)cc(C(F)(F)F)c1. The first-order valence-corrected chi connectivity index (χ1v) is 7.61. The van der Waals surface area contributed by atoms with Gasteiger partial charge in [-0.3, -0.25) is 14.5 Å². The molecular weight excluding hydrogens is 352 g/mol. The molecule has 3 rings (SSSR count). The van der Waals surface area contributed by atoms with Gasteiger partial charge in [-0.15, -0.1) is 0 Å². The van der Waals surface area contributed by atoms with E-state index in [9.17, 15) is 35.9 Å². The topological polar surface area (TPSA) is 37.4 Å². The molecule has 1 saturated heterocycles. The molecule has 0 aromatic heterocycles. The normalized spacial score (nSPS) is 20.8. The molecule has 1 saturated carbocycles. The molecule has 9 heteroatoms. The Bertz CT molecular complexity index is 699. The van der Waals surface area contributed by atoms with Crippen molar-refractivity contribution in [3.8, 4) is 0 Å². The minimum absolute atomic E-state index is 0.0279. The molecule has 3 nitrogen and oxygen atoms in total. The summed E-state index contributed by atoms with van der Waals surface area (Å²) in [5.74, 6) is -1.47. The summed E-state index contributed by atoms with van der Waals surface area (Å²) in [5, 5.41) is 0. The summed E-state index contributed by atoms with van der Waals surface area (Å²) in [6.45, 7) is 0.